The van der Waals surface area contributed by atoms with Crippen LogP contribution >= 0.6 is 23.2 Å². The zero-order chi connectivity index (χ0) is 23.6. The van der Waals surface area contributed by atoms with Gasteiger partial charge in [-0.05, 0) is 55.2 Å². The second-order valence-electron chi connectivity index (χ2n) is 8.97. The molecular formula is C22H19Cl2F3N4O2. The zero-order valence-electron chi connectivity index (χ0n) is 17.5. The highest BCUT2D eigenvalue weighted by molar-refractivity contribution is 6.34. The fourth-order valence-corrected chi connectivity index (χ4v) is 4.61. The van der Waals surface area contributed by atoms with Gasteiger partial charge in [0.15, 0.2) is 0 Å². The monoisotopic (exact) mass is 498 g/mol. The quantitative estimate of drug-likeness (QED) is 0.633. The number of alkyl halides is 3. The van der Waals surface area contributed by atoms with Crippen LogP contribution in [0.3, 0.4) is 0 Å². The molecule has 11 heteroatoms. The van der Waals surface area contributed by atoms with Crippen LogP contribution < -0.4 is 5.32 Å². The molecule has 1 fully saturated rings. The molecule has 0 bridgehead atoms. The van der Waals surface area contributed by atoms with Crippen LogP contribution in [0.2, 0.25) is 10.0 Å². The van der Waals surface area contributed by atoms with E-state index < -0.39 is 18.2 Å². The number of oxime groups is 1. The van der Waals surface area contributed by atoms with Gasteiger partial charge in [-0.3, -0.25) is 9.78 Å². The molecule has 0 saturated heterocycles. The van der Waals surface area contributed by atoms with Crippen LogP contribution in [0, 0.1) is 0 Å². The normalized spacial score (nSPS) is 23.1. The Kier molecular flexibility index (Phi) is 5.06. The van der Waals surface area contributed by atoms with Crippen molar-refractivity contribution >= 4 is 34.9 Å². The predicted molar refractivity (Wildman–Crippen MR) is 116 cm³/mol. The summed E-state index contributed by atoms with van der Waals surface area (Å²) in [5.41, 5.74) is -1.15. The highest BCUT2D eigenvalue weighted by Gasteiger charge is 2.63. The fourth-order valence-electron chi connectivity index (χ4n) is 4.08. The number of benzene rings is 1. The molecule has 1 amide bonds. The molecule has 0 radical (unpaired) electrons. The van der Waals surface area contributed by atoms with Crippen LogP contribution in [0.4, 0.5) is 13.2 Å². The van der Waals surface area contributed by atoms with Crippen LogP contribution in [0.15, 0.2) is 35.6 Å². The number of hydrogen-bond acceptors (Lipinski definition) is 5. The third-order valence-electron chi connectivity index (χ3n) is 6.32. The van der Waals surface area contributed by atoms with E-state index in [1.54, 1.807) is 17.2 Å². The SMILES string of the molecule is CC1(NC(=O)c2cc3c(cn2)CN(C2=NOC(c4cc(Cl)cc(Cl)c4)(C(F)(F)F)C2)C3)CC1. The van der Waals surface area contributed by atoms with Crippen molar-refractivity contribution in [1.82, 2.24) is 15.2 Å². The minimum atomic E-state index is -4.76. The van der Waals surface area contributed by atoms with Gasteiger partial charge in [0.25, 0.3) is 11.5 Å². The summed E-state index contributed by atoms with van der Waals surface area (Å²) in [6.45, 7) is 2.58. The third kappa shape index (κ3) is 4.01. The van der Waals surface area contributed by atoms with E-state index in [2.05, 4.69) is 15.5 Å². The molecule has 1 unspecified atom stereocenters. The molecule has 3 heterocycles. The molecule has 3 aliphatic rings. The minimum Gasteiger partial charge on any atom is -0.372 e. The molecule has 6 nitrogen and oxygen atoms in total. The molecule has 1 aromatic carbocycles. The van der Waals surface area contributed by atoms with Crippen LogP contribution in [-0.2, 0) is 23.5 Å². The summed E-state index contributed by atoms with van der Waals surface area (Å²) >= 11 is 11.9. The Morgan fingerprint density at radius 2 is 1.79 bits per heavy atom. The first kappa shape index (κ1) is 22.3. The molecule has 1 atom stereocenters. The van der Waals surface area contributed by atoms with Gasteiger partial charge in [0.1, 0.15) is 11.5 Å². The molecular weight excluding hydrogens is 480 g/mol. The lowest BCUT2D eigenvalue weighted by Crippen LogP contribution is -2.43. The van der Waals surface area contributed by atoms with Gasteiger partial charge in [0.05, 0.1) is 6.42 Å². The van der Waals surface area contributed by atoms with E-state index in [0.29, 0.717) is 13.1 Å². The Labute approximate surface area is 197 Å². The average Bonchev–Trinajstić information content (AvgIpc) is 3.15. The Morgan fingerprint density at radius 3 is 2.42 bits per heavy atom. The lowest BCUT2D eigenvalue weighted by Gasteiger charge is -2.30. The zero-order valence-corrected chi connectivity index (χ0v) is 19.0. The van der Waals surface area contributed by atoms with Crippen molar-refractivity contribution in [3.63, 3.8) is 0 Å². The van der Waals surface area contributed by atoms with E-state index in [1.807, 2.05) is 6.92 Å². The van der Waals surface area contributed by atoms with Crippen LogP contribution in [-0.4, -0.2) is 33.3 Å². The summed E-state index contributed by atoms with van der Waals surface area (Å²) in [6.07, 6.45) is -1.85. The lowest BCUT2D eigenvalue weighted by atomic mass is 9.89. The van der Waals surface area contributed by atoms with Crippen LogP contribution in [0.25, 0.3) is 0 Å². The van der Waals surface area contributed by atoms with E-state index in [0.717, 1.165) is 24.0 Å². The number of halogens is 5. The number of rotatable bonds is 3. The van der Waals surface area contributed by atoms with Gasteiger partial charge in [0, 0.05) is 40.4 Å². The van der Waals surface area contributed by atoms with Crippen LogP contribution in [0.1, 0.15) is 53.4 Å². The summed E-state index contributed by atoms with van der Waals surface area (Å²) in [4.78, 5) is 23.5. The lowest BCUT2D eigenvalue weighted by molar-refractivity contribution is -0.275. The Hall–Kier alpha value is -2.52. The molecule has 1 aromatic heterocycles. The molecule has 0 spiro atoms. The maximum Gasteiger partial charge on any atom is 0.435 e. The number of pyridine rings is 1. The van der Waals surface area contributed by atoms with Crippen molar-refractivity contribution in [2.45, 2.75) is 56.6 Å². The first-order valence-electron chi connectivity index (χ1n) is 10.3. The van der Waals surface area contributed by atoms with Gasteiger partial charge in [-0.1, -0.05) is 28.4 Å². The summed E-state index contributed by atoms with van der Waals surface area (Å²) < 4.78 is 42.6. The minimum absolute atomic E-state index is 0.0729. The maximum absolute atomic E-state index is 14.2. The van der Waals surface area contributed by atoms with E-state index in [9.17, 15) is 18.0 Å². The average molecular weight is 499 g/mol. The number of amidine groups is 1. The number of amides is 1. The number of aromatic nitrogens is 1. The summed E-state index contributed by atoms with van der Waals surface area (Å²) in [5.74, 6) is -0.108. The molecule has 5 rings (SSSR count). The van der Waals surface area contributed by atoms with Crippen molar-refractivity contribution in [1.29, 1.82) is 0 Å². The Bertz CT molecular complexity index is 1160. The van der Waals surface area contributed by atoms with Gasteiger partial charge >= 0.3 is 6.18 Å². The Balaban J connectivity index is 1.36. The highest BCUT2D eigenvalue weighted by Crippen LogP contribution is 2.49. The molecule has 1 aliphatic carbocycles. The van der Waals surface area contributed by atoms with E-state index >= 15 is 0 Å². The smallest absolute Gasteiger partial charge is 0.372 e. The van der Waals surface area contributed by atoms with Gasteiger partial charge in [-0.25, -0.2) is 0 Å². The molecule has 174 valence electrons. The number of carbonyl (C=O) groups excluding carboxylic acids is 1. The van der Waals surface area contributed by atoms with E-state index in [-0.39, 0.29) is 38.6 Å². The highest BCUT2D eigenvalue weighted by atomic mass is 35.5. The van der Waals surface area contributed by atoms with Gasteiger partial charge in [0.2, 0.25) is 0 Å². The first-order valence-corrected chi connectivity index (χ1v) is 11.1. The van der Waals surface area contributed by atoms with Crippen molar-refractivity contribution in [3.8, 4) is 0 Å². The third-order valence-corrected chi connectivity index (χ3v) is 6.76. The van der Waals surface area contributed by atoms with Gasteiger partial charge in [-0.2, -0.15) is 13.2 Å². The van der Waals surface area contributed by atoms with Crippen molar-refractivity contribution in [3.05, 3.63) is 62.9 Å². The second kappa shape index (κ2) is 7.50. The summed E-state index contributed by atoms with van der Waals surface area (Å²) in [6, 6.07) is 5.41. The van der Waals surface area contributed by atoms with Crippen molar-refractivity contribution in [2.24, 2.45) is 5.16 Å². The summed E-state index contributed by atoms with van der Waals surface area (Å²) in [7, 11) is 0. The number of carbonyl (C=O) groups is 1. The molecule has 1 saturated carbocycles. The fraction of sp³-hybridized carbons (Fsp3) is 0.409. The molecule has 1 N–H and O–H groups in total. The standard InChI is InChI=1S/C22H19Cl2F3N4O2/c1-20(2-3-20)29-19(32)17-4-12-10-31(11-13(12)9-28-17)18-8-21(33-30-18,22(25,26)27)14-5-15(23)7-16(24)6-14/h4-7,9H,2-3,8,10-11H2,1H3,(H,29,32). The van der Waals surface area contributed by atoms with Gasteiger partial charge < -0.3 is 15.1 Å². The van der Waals surface area contributed by atoms with Crippen molar-refractivity contribution in [2.75, 3.05) is 0 Å². The maximum atomic E-state index is 14.2. The number of nitrogens with zero attached hydrogens (tertiary/aromatic N) is 3. The summed E-state index contributed by atoms with van der Waals surface area (Å²) in [5, 5.41) is 6.91. The van der Waals surface area contributed by atoms with Crippen LogP contribution in [0.5, 0.6) is 0 Å². The van der Waals surface area contributed by atoms with E-state index in [4.69, 9.17) is 28.0 Å². The second-order valence-corrected chi connectivity index (χ2v) is 9.84. The van der Waals surface area contributed by atoms with E-state index in [1.165, 1.54) is 18.2 Å². The first-order chi connectivity index (χ1) is 15.5. The largest absolute Gasteiger partial charge is 0.435 e. The number of hydrogen-bond donors (Lipinski definition) is 1. The number of nitrogens with one attached hydrogen (secondary N) is 1. The predicted octanol–water partition coefficient (Wildman–Crippen LogP) is 5.18. The number of fused-ring (bicyclic) bond motifs is 1. The Morgan fingerprint density at radius 1 is 1.12 bits per heavy atom. The molecule has 2 aliphatic heterocycles. The molecule has 2 aromatic rings. The molecule has 33 heavy (non-hydrogen) atoms. The topological polar surface area (TPSA) is 66.8 Å². The van der Waals surface area contributed by atoms with Gasteiger partial charge in [-0.15, -0.1) is 0 Å². The van der Waals surface area contributed by atoms with Crippen molar-refractivity contribution < 1.29 is 22.8 Å².